The zero-order valence-corrected chi connectivity index (χ0v) is 15.0. The van der Waals surface area contributed by atoms with Gasteiger partial charge in [0, 0.05) is 18.0 Å². The summed E-state index contributed by atoms with van der Waals surface area (Å²) < 4.78 is 0. The minimum atomic E-state index is -0.780. The monoisotopic (exact) mass is 291 g/mol. The summed E-state index contributed by atoms with van der Waals surface area (Å²) in [4.78, 5) is 13.1. The number of benzene rings is 1. The van der Waals surface area contributed by atoms with E-state index in [9.17, 15) is 9.90 Å². The van der Waals surface area contributed by atoms with E-state index in [4.69, 9.17) is 0 Å². The summed E-state index contributed by atoms with van der Waals surface area (Å²) in [6, 6.07) is 7.52. The topological polar surface area (TPSA) is 40.5 Å². The van der Waals surface area contributed by atoms with E-state index in [1.54, 1.807) is 6.92 Å². The molecule has 5 heteroatoms. The fourth-order valence-electron chi connectivity index (χ4n) is 1.72. The van der Waals surface area contributed by atoms with Crippen LogP contribution in [0.2, 0.25) is 0 Å². The van der Waals surface area contributed by atoms with Gasteiger partial charge in [-0.25, -0.2) is 4.79 Å². The van der Waals surface area contributed by atoms with E-state index in [0.29, 0.717) is 0 Å². The number of thioether (sulfide) groups is 1. The first-order valence-corrected chi connectivity index (χ1v) is 7.35. The number of hydrogen-bond acceptors (Lipinski definition) is 3. The van der Waals surface area contributed by atoms with Gasteiger partial charge >= 0.3 is 35.5 Å². The number of anilines is 1. The Kier molecular flexibility index (Phi) is 9.62. The molecule has 0 unspecified atom stereocenters. The zero-order valence-electron chi connectivity index (χ0n) is 13.2. The molecule has 1 N–H and O–H groups in total. The van der Waals surface area contributed by atoms with E-state index < -0.39 is 12.0 Å². The standard InChI is InChI=1S/C14H21NO2S.Na.H/c1-4-18-10-9-15(12(3)14(16)17)13-7-5-11(2)6-8-13;;/h5-8,12H,4,9-10H2,1-3H3,(H,16,17);;/q;+1;-1/t12-;;/m0../s1. The molecule has 0 spiro atoms. The summed E-state index contributed by atoms with van der Waals surface area (Å²) >= 11 is 1.83. The molecule has 1 aromatic carbocycles. The van der Waals surface area contributed by atoms with E-state index >= 15 is 0 Å². The predicted octanol–water partition coefficient (Wildman–Crippen LogP) is 0.144. The molecule has 0 saturated carbocycles. The second kappa shape index (κ2) is 9.70. The summed E-state index contributed by atoms with van der Waals surface area (Å²) in [5, 5.41) is 9.18. The number of hydrogen-bond donors (Lipinski definition) is 1. The van der Waals surface area contributed by atoms with Crippen molar-refractivity contribution < 1.29 is 40.9 Å². The Morgan fingerprint density at radius 2 is 2.00 bits per heavy atom. The Morgan fingerprint density at radius 1 is 1.42 bits per heavy atom. The molecule has 0 heterocycles. The quantitative estimate of drug-likeness (QED) is 0.573. The van der Waals surface area contributed by atoms with Crippen LogP contribution < -0.4 is 34.5 Å². The molecule has 0 fully saturated rings. The maximum atomic E-state index is 11.2. The second-order valence-electron chi connectivity index (χ2n) is 4.24. The average Bonchev–Trinajstić information content (AvgIpc) is 2.35. The molecule has 19 heavy (non-hydrogen) atoms. The smallest absolute Gasteiger partial charge is 1.00 e. The molecule has 1 aromatic rings. The number of carboxylic acids is 1. The van der Waals surface area contributed by atoms with E-state index in [-0.39, 0.29) is 31.0 Å². The van der Waals surface area contributed by atoms with Crippen molar-refractivity contribution in [3.63, 3.8) is 0 Å². The van der Waals surface area contributed by atoms with E-state index in [1.165, 1.54) is 5.56 Å². The molecule has 0 aliphatic rings. The molecule has 0 radical (unpaired) electrons. The maximum absolute atomic E-state index is 11.2. The fourth-order valence-corrected chi connectivity index (χ4v) is 2.34. The van der Waals surface area contributed by atoms with E-state index in [2.05, 4.69) is 6.92 Å². The van der Waals surface area contributed by atoms with Crippen molar-refractivity contribution in [3.8, 4) is 0 Å². The van der Waals surface area contributed by atoms with Gasteiger partial charge in [0.15, 0.2) is 0 Å². The molecule has 0 aliphatic carbocycles. The van der Waals surface area contributed by atoms with Gasteiger partial charge in [-0.15, -0.1) is 0 Å². The van der Waals surface area contributed by atoms with Gasteiger partial charge in [0.25, 0.3) is 0 Å². The van der Waals surface area contributed by atoms with Crippen molar-refractivity contribution in [3.05, 3.63) is 29.8 Å². The molecular weight excluding hydrogens is 269 g/mol. The van der Waals surface area contributed by atoms with Gasteiger partial charge in [0.1, 0.15) is 6.04 Å². The Hall–Kier alpha value is -0.160. The van der Waals surface area contributed by atoms with Crippen molar-refractivity contribution in [1.82, 2.24) is 0 Å². The van der Waals surface area contributed by atoms with Crippen molar-refractivity contribution in [2.24, 2.45) is 0 Å². The van der Waals surface area contributed by atoms with Crippen LogP contribution in [0.5, 0.6) is 0 Å². The Bertz CT molecular complexity index is 389. The third-order valence-electron chi connectivity index (χ3n) is 2.87. The summed E-state index contributed by atoms with van der Waals surface area (Å²) in [6.45, 7) is 6.64. The van der Waals surface area contributed by atoms with Gasteiger partial charge in [-0.3, -0.25) is 0 Å². The van der Waals surface area contributed by atoms with Crippen LogP contribution in [-0.2, 0) is 4.79 Å². The summed E-state index contributed by atoms with van der Waals surface area (Å²) in [6.07, 6.45) is 0. The van der Waals surface area contributed by atoms with E-state index in [0.717, 1.165) is 23.7 Å². The normalized spacial score (nSPS) is 11.5. The van der Waals surface area contributed by atoms with Gasteiger partial charge in [0.05, 0.1) is 0 Å². The van der Waals surface area contributed by atoms with Crippen molar-refractivity contribution >= 4 is 23.4 Å². The number of carbonyl (C=O) groups is 1. The minimum absolute atomic E-state index is 0. The first-order chi connectivity index (χ1) is 8.56. The first kappa shape index (κ1) is 18.8. The summed E-state index contributed by atoms with van der Waals surface area (Å²) in [5.41, 5.74) is 2.16. The molecule has 3 nitrogen and oxygen atoms in total. The molecule has 0 aliphatic heterocycles. The number of rotatable bonds is 7. The SMILES string of the molecule is CCSCCN(c1ccc(C)cc1)[C@@H](C)C(=O)O.[H-].[Na+]. The molecule has 1 rings (SSSR count). The number of carboxylic acid groups (broad SMARTS) is 1. The summed E-state index contributed by atoms with van der Waals surface area (Å²) in [7, 11) is 0. The largest absolute Gasteiger partial charge is 1.00 e. The maximum Gasteiger partial charge on any atom is 1.00 e. The number of nitrogens with zero attached hydrogens (tertiary/aromatic N) is 1. The average molecular weight is 291 g/mol. The van der Waals surface area contributed by atoms with Crippen LogP contribution in [0.4, 0.5) is 5.69 Å². The van der Waals surface area contributed by atoms with Gasteiger partial charge < -0.3 is 11.4 Å². The third kappa shape index (κ3) is 6.21. The fraction of sp³-hybridized carbons (Fsp3) is 0.500. The van der Waals surface area contributed by atoms with Crippen LogP contribution >= 0.6 is 11.8 Å². The van der Waals surface area contributed by atoms with Crippen LogP contribution in [0, 0.1) is 6.92 Å². The number of aliphatic carboxylic acids is 1. The Labute approximate surface area is 143 Å². The molecule has 1 atom stereocenters. The van der Waals surface area contributed by atoms with Crippen molar-refractivity contribution in [1.29, 1.82) is 0 Å². The number of aryl methyl sites for hydroxylation is 1. The molecular formula is C14H22NNaO2S. The van der Waals surface area contributed by atoms with Crippen LogP contribution in [0.3, 0.4) is 0 Å². The first-order valence-electron chi connectivity index (χ1n) is 6.20. The molecule has 0 amide bonds. The van der Waals surface area contributed by atoms with Crippen LogP contribution in [0.25, 0.3) is 0 Å². The van der Waals surface area contributed by atoms with Crippen molar-refractivity contribution in [2.45, 2.75) is 26.8 Å². The van der Waals surface area contributed by atoms with Crippen LogP contribution in [0.15, 0.2) is 24.3 Å². The third-order valence-corrected chi connectivity index (χ3v) is 3.75. The van der Waals surface area contributed by atoms with Gasteiger partial charge in [-0.05, 0) is 31.7 Å². The van der Waals surface area contributed by atoms with E-state index in [1.807, 2.05) is 47.9 Å². The minimum Gasteiger partial charge on any atom is -1.00 e. The zero-order chi connectivity index (χ0) is 13.5. The Balaban J connectivity index is 0. The van der Waals surface area contributed by atoms with Crippen LogP contribution in [0.1, 0.15) is 20.8 Å². The van der Waals surface area contributed by atoms with Gasteiger partial charge in [-0.1, -0.05) is 24.6 Å². The second-order valence-corrected chi connectivity index (χ2v) is 5.63. The molecule has 102 valence electrons. The Morgan fingerprint density at radius 3 is 2.47 bits per heavy atom. The predicted molar refractivity (Wildman–Crippen MR) is 79.7 cm³/mol. The molecule has 0 aromatic heterocycles. The molecule has 0 bridgehead atoms. The van der Waals surface area contributed by atoms with Gasteiger partial charge in [0.2, 0.25) is 0 Å². The van der Waals surface area contributed by atoms with Gasteiger partial charge in [-0.2, -0.15) is 11.8 Å². The van der Waals surface area contributed by atoms with Crippen LogP contribution in [-0.4, -0.2) is 35.2 Å². The summed E-state index contributed by atoms with van der Waals surface area (Å²) in [5.74, 6) is 1.22. The molecule has 0 saturated heterocycles. The van der Waals surface area contributed by atoms with Crippen molar-refractivity contribution in [2.75, 3.05) is 23.0 Å².